The summed E-state index contributed by atoms with van der Waals surface area (Å²) in [7, 11) is 5.41. The Morgan fingerprint density at radius 2 is 0.949 bits per heavy atom. The SMILES string of the molecule is CC/C=C\C/C=C\C/C=C\CCCCCCCC(=O)OC(COCCC(C(=O)[O-])[N+](C)(C)C)COC(=O)CCCCCCCCCCCCCCCCCCCCCC. The van der Waals surface area contributed by atoms with Crippen molar-refractivity contribution >= 4 is 17.9 Å². The first-order valence-corrected chi connectivity index (χ1v) is 24.5. The van der Waals surface area contributed by atoms with Crippen molar-refractivity contribution in [3.8, 4) is 0 Å². The molecule has 0 heterocycles. The first-order chi connectivity index (χ1) is 28.6. The summed E-state index contributed by atoms with van der Waals surface area (Å²) in [5.74, 6) is -1.75. The fourth-order valence-corrected chi connectivity index (χ4v) is 7.26. The van der Waals surface area contributed by atoms with Crippen molar-refractivity contribution < 1.29 is 38.2 Å². The van der Waals surface area contributed by atoms with Gasteiger partial charge in [-0.05, 0) is 44.9 Å². The summed E-state index contributed by atoms with van der Waals surface area (Å²) in [6, 6.07) is -0.728. The van der Waals surface area contributed by atoms with E-state index in [1.54, 1.807) is 21.1 Å². The molecular weight excluding hydrogens is 739 g/mol. The van der Waals surface area contributed by atoms with Crippen LogP contribution >= 0.6 is 0 Å². The number of allylic oxidation sites excluding steroid dienone is 6. The smallest absolute Gasteiger partial charge is 0.306 e. The summed E-state index contributed by atoms with van der Waals surface area (Å²) in [6.45, 7) is 4.56. The molecule has 8 heteroatoms. The maximum Gasteiger partial charge on any atom is 0.306 e. The molecule has 0 N–H and O–H groups in total. The number of carbonyl (C=O) groups excluding carboxylic acids is 3. The summed E-state index contributed by atoms with van der Waals surface area (Å²) in [4.78, 5) is 36.9. The van der Waals surface area contributed by atoms with Crippen molar-refractivity contribution in [3.05, 3.63) is 36.5 Å². The first kappa shape index (κ1) is 56.5. The van der Waals surface area contributed by atoms with Gasteiger partial charge in [0.15, 0.2) is 6.10 Å². The fraction of sp³-hybridized carbons (Fsp3) is 0.824. The number of esters is 2. The largest absolute Gasteiger partial charge is 0.544 e. The molecule has 0 bridgehead atoms. The topological polar surface area (TPSA) is 102 Å². The number of nitrogens with zero attached hydrogens (tertiary/aromatic N) is 1. The van der Waals surface area contributed by atoms with Gasteiger partial charge in [0.05, 0.1) is 40.3 Å². The van der Waals surface area contributed by atoms with E-state index in [-0.39, 0.29) is 42.7 Å². The summed E-state index contributed by atoms with van der Waals surface area (Å²) in [6.07, 6.45) is 48.9. The molecule has 0 spiro atoms. The molecule has 0 fully saturated rings. The normalized spacial score (nSPS) is 13.2. The lowest BCUT2D eigenvalue weighted by Gasteiger charge is -2.34. The van der Waals surface area contributed by atoms with Crippen LogP contribution in [0.1, 0.15) is 219 Å². The van der Waals surface area contributed by atoms with Crippen molar-refractivity contribution in [3.63, 3.8) is 0 Å². The zero-order valence-corrected chi connectivity index (χ0v) is 39.2. The van der Waals surface area contributed by atoms with E-state index in [1.807, 2.05) is 0 Å². The molecule has 344 valence electrons. The molecule has 0 amide bonds. The van der Waals surface area contributed by atoms with Gasteiger partial charge >= 0.3 is 11.9 Å². The molecule has 0 aromatic heterocycles. The van der Waals surface area contributed by atoms with E-state index in [2.05, 4.69) is 50.3 Å². The molecule has 0 aromatic rings. The number of carboxylic acid groups (broad SMARTS) is 1. The molecule has 0 aromatic carbocycles. The Morgan fingerprint density at radius 1 is 0.525 bits per heavy atom. The van der Waals surface area contributed by atoms with Crippen molar-refractivity contribution in [2.45, 2.75) is 231 Å². The number of carbonyl (C=O) groups is 3. The lowest BCUT2D eigenvalue weighted by atomic mass is 10.0. The third kappa shape index (κ3) is 40.7. The predicted molar refractivity (Wildman–Crippen MR) is 245 cm³/mol. The number of aliphatic carboxylic acids is 1. The summed E-state index contributed by atoms with van der Waals surface area (Å²) in [5.41, 5.74) is 0. The lowest BCUT2D eigenvalue weighted by Crippen LogP contribution is -2.55. The zero-order valence-electron chi connectivity index (χ0n) is 39.2. The van der Waals surface area contributed by atoms with E-state index in [4.69, 9.17) is 14.2 Å². The number of hydrogen-bond donors (Lipinski definition) is 0. The zero-order chi connectivity index (χ0) is 43.5. The van der Waals surface area contributed by atoms with E-state index in [1.165, 1.54) is 109 Å². The summed E-state index contributed by atoms with van der Waals surface area (Å²) >= 11 is 0. The Labute approximate surface area is 364 Å². The Morgan fingerprint density at radius 3 is 1.41 bits per heavy atom. The molecule has 0 saturated carbocycles. The maximum atomic E-state index is 12.7. The van der Waals surface area contributed by atoms with Crippen LogP contribution in [0.15, 0.2) is 36.5 Å². The highest BCUT2D eigenvalue weighted by Crippen LogP contribution is 2.16. The van der Waals surface area contributed by atoms with Crippen LogP contribution in [0.3, 0.4) is 0 Å². The van der Waals surface area contributed by atoms with E-state index in [0.717, 1.165) is 77.0 Å². The van der Waals surface area contributed by atoms with E-state index < -0.39 is 18.1 Å². The minimum absolute atomic E-state index is 0.0362. The minimum atomic E-state index is -1.13. The second kappa shape index (κ2) is 42.2. The van der Waals surface area contributed by atoms with Crippen molar-refractivity contribution in [1.29, 1.82) is 0 Å². The number of unbranched alkanes of at least 4 members (excludes halogenated alkanes) is 24. The van der Waals surface area contributed by atoms with Crippen LogP contribution in [0.4, 0.5) is 0 Å². The van der Waals surface area contributed by atoms with E-state index in [9.17, 15) is 19.5 Å². The average molecular weight is 832 g/mol. The van der Waals surface area contributed by atoms with Crippen LogP contribution in [0.5, 0.6) is 0 Å². The highest BCUT2D eigenvalue weighted by Gasteiger charge is 2.25. The molecule has 0 saturated heterocycles. The van der Waals surface area contributed by atoms with Crippen LogP contribution in [0.2, 0.25) is 0 Å². The third-order valence-electron chi connectivity index (χ3n) is 11.0. The van der Waals surface area contributed by atoms with Gasteiger partial charge in [-0.3, -0.25) is 9.59 Å². The predicted octanol–water partition coefficient (Wildman–Crippen LogP) is 12.5. The van der Waals surface area contributed by atoms with Gasteiger partial charge in [-0.25, -0.2) is 0 Å². The number of quaternary nitrogens is 1. The van der Waals surface area contributed by atoms with Gasteiger partial charge in [0.25, 0.3) is 0 Å². The standard InChI is InChI=1S/C51H93NO7/c1-6-8-10-12-14-16-18-20-22-23-24-25-26-28-29-31-33-35-37-39-41-49(53)58-46-47(45-57-44-43-48(51(55)56)52(3,4)5)59-50(54)42-40-38-36-34-32-30-27-21-19-17-15-13-11-9-7-2/h9,11,15,17,21,27,47-48H,6-8,10,12-14,16,18-20,22-26,28-46H2,1-5H3/b11-9-,17-15-,27-21-. The maximum absolute atomic E-state index is 12.7. The minimum Gasteiger partial charge on any atom is -0.544 e. The van der Waals surface area contributed by atoms with Crippen LogP contribution < -0.4 is 5.11 Å². The third-order valence-corrected chi connectivity index (χ3v) is 11.0. The van der Waals surface area contributed by atoms with Gasteiger partial charge in [-0.15, -0.1) is 0 Å². The van der Waals surface area contributed by atoms with E-state index >= 15 is 0 Å². The number of ether oxygens (including phenoxy) is 3. The highest BCUT2D eigenvalue weighted by atomic mass is 16.6. The Hall–Kier alpha value is -2.45. The van der Waals surface area contributed by atoms with Crippen molar-refractivity contribution in [1.82, 2.24) is 0 Å². The number of carboxylic acids is 1. The molecule has 2 unspecified atom stereocenters. The summed E-state index contributed by atoms with van der Waals surface area (Å²) in [5, 5.41) is 11.6. The molecule has 0 rings (SSSR count). The lowest BCUT2D eigenvalue weighted by molar-refractivity contribution is -0.889. The monoisotopic (exact) mass is 832 g/mol. The molecule has 59 heavy (non-hydrogen) atoms. The molecule has 2 atom stereocenters. The number of hydrogen-bond acceptors (Lipinski definition) is 7. The van der Waals surface area contributed by atoms with Crippen LogP contribution in [0, 0.1) is 0 Å². The van der Waals surface area contributed by atoms with Crippen LogP contribution in [-0.2, 0) is 28.6 Å². The van der Waals surface area contributed by atoms with E-state index in [0.29, 0.717) is 12.8 Å². The fourth-order valence-electron chi connectivity index (χ4n) is 7.26. The van der Waals surface area contributed by atoms with Gasteiger partial charge in [0, 0.05) is 19.3 Å². The Kier molecular flexibility index (Phi) is 40.5. The quantitative estimate of drug-likeness (QED) is 0.0261. The Balaban J connectivity index is 4.24. The Bertz CT molecular complexity index is 1060. The second-order valence-electron chi connectivity index (χ2n) is 17.7. The molecule has 0 aliphatic carbocycles. The van der Waals surface area contributed by atoms with Gasteiger partial charge < -0.3 is 28.6 Å². The van der Waals surface area contributed by atoms with Crippen LogP contribution in [0.25, 0.3) is 0 Å². The molecule has 0 aliphatic rings. The van der Waals surface area contributed by atoms with Gasteiger partial charge in [0.2, 0.25) is 0 Å². The molecule has 0 radical (unpaired) electrons. The van der Waals surface area contributed by atoms with Gasteiger partial charge in [0.1, 0.15) is 12.6 Å². The first-order valence-electron chi connectivity index (χ1n) is 24.5. The number of rotatable bonds is 44. The highest BCUT2D eigenvalue weighted by molar-refractivity contribution is 5.70. The van der Waals surface area contributed by atoms with Crippen molar-refractivity contribution in [2.24, 2.45) is 0 Å². The van der Waals surface area contributed by atoms with Gasteiger partial charge in [-0.1, -0.05) is 192 Å². The van der Waals surface area contributed by atoms with Crippen LogP contribution in [-0.4, -0.2) is 75.5 Å². The molecule has 0 aliphatic heterocycles. The molecule has 8 nitrogen and oxygen atoms in total. The van der Waals surface area contributed by atoms with Gasteiger partial charge in [-0.2, -0.15) is 0 Å². The second-order valence-corrected chi connectivity index (χ2v) is 17.7. The average Bonchev–Trinajstić information content (AvgIpc) is 3.19. The molecular formula is C51H93NO7. The summed E-state index contributed by atoms with van der Waals surface area (Å²) < 4.78 is 17.2. The number of likely N-dealkylation sites (N-methyl/N-ethyl adjacent to an activating group) is 1. The van der Waals surface area contributed by atoms with Crippen molar-refractivity contribution in [2.75, 3.05) is 41.0 Å².